The quantitative estimate of drug-likeness (QED) is 0.398. The number of azo groups is 1. The van der Waals surface area contributed by atoms with Crippen molar-refractivity contribution in [2.24, 2.45) is 16.0 Å². The molecular weight excluding hydrogens is 264 g/mol. The molecule has 112 valence electrons. The van der Waals surface area contributed by atoms with E-state index in [1.165, 1.54) is 0 Å². The second-order valence-electron chi connectivity index (χ2n) is 5.25. The van der Waals surface area contributed by atoms with Gasteiger partial charge in [0.2, 0.25) is 0 Å². The van der Waals surface area contributed by atoms with Crippen LogP contribution in [0.3, 0.4) is 0 Å². The molecule has 4 N–H and O–H groups in total. The minimum atomic E-state index is -0.819. The van der Waals surface area contributed by atoms with Gasteiger partial charge in [-0.2, -0.15) is 10.2 Å². The molecule has 0 aliphatic heterocycles. The fourth-order valence-electron chi connectivity index (χ4n) is 1.28. The molecule has 0 unspecified atom stereocenters. The molecule has 0 aromatic heterocycles. The van der Waals surface area contributed by atoms with Crippen LogP contribution in [0.15, 0.2) is 10.2 Å². The Balaban J connectivity index is 0. The third kappa shape index (κ3) is 5.55. The van der Waals surface area contributed by atoms with E-state index < -0.39 is 11.1 Å². The van der Waals surface area contributed by atoms with Gasteiger partial charge in [0.1, 0.15) is 22.7 Å². The Labute approximate surface area is 122 Å². The van der Waals surface area contributed by atoms with E-state index in [0.29, 0.717) is 5.84 Å². The second kappa shape index (κ2) is 7.43. The van der Waals surface area contributed by atoms with E-state index in [9.17, 15) is 0 Å². The van der Waals surface area contributed by atoms with Crippen molar-refractivity contribution >= 4 is 24.1 Å². The number of likely N-dealkylation sites (N-methyl/N-ethyl adjacent to an activating group) is 1. The van der Waals surface area contributed by atoms with Gasteiger partial charge < -0.3 is 10.6 Å². The molecule has 0 saturated heterocycles. The van der Waals surface area contributed by atoms with Crippen LogP contribution in [-0.4, -0.2) is 40.7 Å². The molecule has 0 radical (unpaired) electrons. The van der Waals surface area contributed by atoms with Crippen LogP contribution < -0.4 is 5.73 Å². The number of hydrogen-bond donors (Lipinski definition) is 3. The predicted molar refractivity (Wildman–Crippen MR) is 82.8 cm³/mol. The summed E-state index contributed by atoms with van der Waals surface area (Å²) in [6.45, 7) is 12.7. The van der Waals surface area contributed by atoms with Gasteiger partial charge in [-0.3, -0.25) is 10.8 Å². The molecule has 0 aromatic rings. The van der Waals surface area contributed by atoms with Gasteiger partial charge in [-0.05, 0) is 41.5 Å². The number of halogens is 1. The van der Waals surface area contributed by atoms with E-state index in [4.69, 9.17) is 16.6 Å². The second-order valence-corrected chi connectivity index (χ2v) is 5.25. The van der Waals surface area contributed by atoms with Gasteiger partial charge >= 0.3 is 0 Å². The van der Waals surface area contributed by atoms with Gasteiger partial charge in [-0.25, -0.2) is 0 Å². The summed E-state index contributed by atoms with van der Waals surface area (Å²) in [6.07, 6.45) is 0. The summed E-state index contributed by atoms with van der Waals surface area (Å²) < 4.78 is 0. The van der Waals surface area contributed by atoms with Crippen LogP contribution in [0.2, 0.25) is 0 Å². The molecular formula is C12H27ClN6. The van der Waals surface area contributed by atoms with Crippen LogP contribution in [-0.2, 0) is 0 Å². The van der Waals surface area contributed by atoms with E-state index in [1.54, 1.807) is 13.8 Å². The largest absolute Gasteiger partial charge is 0.386 e. The highest BCUT2D eigenvalue weighted by atomic mass is 35.5. The van der Waals surface area contributed by atoms with Crippen molar-refractivity contribution in [1.29, 1.82) is 10.8 Å². The van der Waals surface area contributed by atoms with Gasteiger partial charge in [0, 0.05) is 13.1 Å². The summed E-state index contributed by atoms with van der Waals surface area (Å²) in [6, 6.07) is 0. The first-order valence-corrected chi connectivity index (χ1v) is 6.21. The molecule has 0 fully saturated rings. The molecule has 19 heavy (non-hydrogen) atoms. The fraction of sp³-hybridized carbons (Fsp3) is 0.833. The Hall–Kier alpha value is -1.17. The number of hydrogen-bond acceptors (Lipinski definition) is 4. The van der Waals surface area contributed by atoms with Crippen LogP contribution in [0.1, 0.15) is 41.5 Å². The third-order valence-corrected chi connectivity index (χ3v) is 2.87. The maximum Gasteiger partial charge on any atom is 0.132 e. The molecule has 0 saturated carbocycles. The van der Waals surface area contributed by atoms with E-state index in [1.807, 2.05) is 32.6 Å². The average Bonchev–Trinajstić information content (AvgIpc) is 2.28. The van der Waals surface area contributed by atoms with Gasteiger partial charge in [-0.15, -0.1) is 12.4 Å². The Bertz CT molecular complexity index is 344. The van der Waals surface area contributed by atoms with Crippen molar-refractivity contribution in [3.05, 3.63) is 0 Å². The summed E-state index contributed by atoms with van der Waals surface area (Å²) in [7, 11) is 0. The summed E-state index contributed by atoms with van der Waals surface area (Å²) >= 11 is 0. The first kappa shape index (κ1) is 20.2. The smallest absolute Gasteiger partial charge is 0.132 e. The van der Waals surface area contributed by atoms with Crippen LogP contribution in [0.5, 0.6) is 0 Å². The maximum absolute atomic E-state index is 8.15. The van der Waals surface area contributed by atoms with Crippen LogP contribution in [0.25, 0.3) is 0 Å². The molecule has 0 aliphatic rings. The van der Waals surface area contributed by atoms with Gasteiger partial charge in [0.15, 0.2) is 0 Å². The standard InChI is InChI=1S/C12H26N6.ClH/c1-7-18(8-2)10(15)12(5,6)17-16-11(3,4)9(13)14;/h15H,7-8H2,1-6H3,(H3,13,14);1H. The van der Waals surface area contributed by atoms with Gasteiger partial charge in [0.25, 0.3) is 0 Å². The minimum Gasteiger partial charge on any atom is -0.386 e. The summed E-state index contributed by atoms with van der Waals surface area (Å²) in [5.41, 5.74) is 3.93. The molecule has 0 amide bonds. The lowest BCUT2D eigenvalue weighted by Crippen LogP contribution is -2.44. The average molecular weight is 291 g/mol. The van der Waals surface area contributed by atoms with Crippen molar-refractivity contribution in [3.63, 3.8) is 0 Å². The molecule has 0 aliphatic carbocycles. The van der Waals surface area contributed by atoms with Crippen LogP contribution in [0, 0.1) is 10.8 Å². The van der Waals surface area contributed by atoms with Crippen molar-refractivity contribution in [2.45, 2.75) is 52.6 Å². The number of nitrogens with one attached hydrogen (secondary N) is 2. The first-order valence-electron chi connectivity index (χ1n) is 6.21. The molecule has 0 aromatic carbocycles. The van der Waals surface area contributed by atoms with E-state index in [-0.39, 0.29) is 18.2 Å². The number of amidine groups is 2. The van der Waals surface area contributed by atoms with E-state index >= 15 is 0 Å². The number of rotatable bonds is 6. The first-order chi connectivity index (χ1) is 8.08. The summed E-state index contributed by atoms with van der Waals surface area (Å²) in [5.74, 6) is 0.395. The predicted octanol–water partition coefficient (Wildman–Crippen LogP) is 2.67. The molecule has 0 atom stereocenters. The number of nitrogens with two attached hydrogens (primary N) is 1. The fourth-order valence-corrected chi connectivity index (χ4v) is 1.28. The minimum absolute atomic E-state index is 0. The normalized spacial score (nSPS) is 12.1. The van der Waals surface area contributed by atoms with E-state index in [2.05, 4.69) is 10.2 Å². The van der Waals surface area contributed by atoms with Crippen molar-refractivity contribution in [1.82, 2.24) is 4.90 Å². The zero-order valence-electron chi connectivity index (χ0n) is 12.7. The van der Waals surface area contributed by atoms with E-state index in [0.717, 1.165) is 13.1 Å². The summed E-state index contributed by atoms with van der Waals surface area (Å²) in [5, 5.41) is 23.9. The SMILES string of the molecule is CCN(CC)C(=N)C(C)(C)N=NC(C)(C)C(=N)N.Cl. The molecule has 0 rings (SSSR count). The van der Waals surface area contributed by atoms with Crippen molar-refractivity contribution in [3.8, 4) is 0 Å². The Kier molecular flexibility index (Phi) is 7.88. The zero-order valence-corrected chi connectivity index (χ0v) is 13.6. The lowest BCUT2D eigenvalue weighted by molar-refractivity contribution is 0.413. The zero-order chi connectivity index (χ0) is 14.6. The topological polar surface area (TPSA) is 102 Å². The lowest BCUT2D eigenvalue weighted by atomic mass is 10.0. The van der Waals surface area contributed by atoms with Crippen LogP contribution >= 0.6 is 12.4 Å². The van der Waals surface area contributed by atoms with Gasteiger partial charge in [0.05, 0.1) is 0 Å². The maximum atomic E-state index is 8.15. The Morgan fingerprint density at radius 1 is 1.00 bits per heavy atom. The lowest BCUT2D eigenvalue weighted by Gasteiger charge is -2.30. The summed E-state index contributed by atoms with van der Waals surface area (Å²) in [4.78, 5) is 1.93. The molecule has 7 heteroatoms. The molecule has 0 spiro atoms. The van der Waals surface area contributed by atoms with Crippen LogP contribution in [0.4, 0.5) is 0 Å². The highest BCUT2D eigenvalue weighted by molar-refractivity contribution is 5.88. The van der Waals surface area contributed by atoms with Gasteiger partial charge in [-0.1, -0.05) is 0 Å². The Morgan fingerprint density at radius 3 is 1.68 bits per heavy atom. The highest BCUT2D eigenvalue weighted by Crippen LogP contribution is 2.18. The molecule has 0 heterocycles. The van der Waals surface area contributed by atoms with Crippen molar-refractivity contribution < 1.29 is 0 Å². The Morgan fingerprint density at radius 2 is 1.37 bits per heavy atom. The van der Waals surface area contributed by atoms with Crippen molar-refractivity contribution in [2.75, 3.05) is 13.1 Å². The molecule has 6 nitrogen and oxygen atoms in total. The number of nitrogens with zero attached hydrogens (tertiary/aromatic N) is 3. The molecule has 0 bridgehead atoms. The highest BCUT2D eigenvalue weighted by Gasteiger charge is 2.29. The third-order valence-electron chi connectivity index (χ3n) is 2.87. The monoisotopic (exact) mass is 290 g/mol.